The molecule has 0 aliphatic heterocycles. The van der Waals surface area contributed by atoms with Gasteiger partial charge in [-0.3, -0.25) is 4.79 Å². The van der Waals surface area contributed by atoms with Crippen molar-refractivity contribution < 1.29 is 4.79 Å². The molecule has 1 amide bonds. The predicted molar refractivity (Wildman–Crippen MR) is 95.9 cm³/mol. The van der Waals surface area contributed by atoms with Crippen molar-refractivity contribution in [1.82, 2.24) is 0 Å². The van der Waals surface area contributed by atoms with Crippen molar-refractivity contribution in [3.63, 3.8) is 0 Å². The minimum atomic E-state index is -0.124. The first-order valence-electron chi connectivity index (χ1n) is 7.30. The molecular weight excluding hydrogens is 314 g/mol. The van der Waals surface area contributed by atoms with Gasteiger partial charge in [0.1, 0.15) is 0 Å². The molecule has 4 heteroatoms. The second-order valence-corrected chi connectivity index (χ2v) is 6.99. The zero-order chi connectivity index (χ0) is 16.1. The zero-order valence-electron chi connectivity index (χ0n) is 13.0. The number of nitrogens with one attached hydrogen (secondary N) is 1. The SMILES string of the molecule is CCC(Sc1ccc(Cl)cc1)C(=O)Nc1cc(C)ccc1C. The molecule has 1 unspecified atom stereocenters. The summed E-state index contributed by atoms with van der Waals surface area (Å²) in [6, 6.07) is 13.7. The summed E-state index contributed by atoms with van der Waals surface area (Å²) in [5.41, 5.74) is 3.10. The molecule has 0 aromatic heterocycles. The Labute approximate surface area is 141 Å². The Morgan fingerprint density at radius 3 is 2.50 bits per heavy atom. The van der Waals surface area contributed by atoms with E-state index in [0.717, 1.165) is 28.1 Å². The van der Waals surface area contributed by atoms with Crippen LogP contribution < -0.4 is 5.32 Å². The molecule has 0 saturated heterocycles. The summed E-state index contributed by atoms with van der Waals surface area (Å²) in [5.74, 6) is 0.0381. The topological polar surface area (TPSA) is 29.1 Å². The van der Waals surface area contributed by atoms with E-state index in [-0.39, 0.29) is 11.2 Å². The van der Waals surface area contributed by atoms with Gasteiger partial charge in [-0.15, -0.1) is 11.8 Å². The third-order valence-electron chi connectivity index (χ3n) is 3.41. The van der Waals surface area contributed by atoms with Gasteiger partial charge in [-0.05, 0) is 61.7 Å². The van der Waals surface area contributed by atoms with Crippen LogP contribution in [0.25, 0.3) is 0 Å². The van der Waals surface area contributed by atoms with Crippen LogP contribution in [0.5, 0.6) is 0 Å². The van der Waals surface area contributed by atoms with E-state index in [0.29, 0.717) is 5.02 Å². The molecule has 2 aromatic rings. The number of amides is 1. The molecule has 2 rings (SSSR count). The number of benzene rings is 2. The molecule has 116 valence electrons. The third-order valence-corrected chi connectivity index (χ3v) is 5.03. The molecule has 1 atom stereocenters. The fourth-order valence-electron chi connectivity index (χ4n) is 2.08. The predicted octanol–water partition coefficient (Wildman–Crippen LogP) is 5.47. The summed E-state index contributed by atoms with van der Waals surface area (Å²) in [7, 11) is 0. The van der Waals surface area contributed by atoms with Gasteiger partial charge in [-0.25, -0.2) is 0 Å². The number of anilines is 1. The Hall–Kier alpha value is -1.45. The van der Waals surface area contributed by atoms with Gasteiger partial charge in [0.15, 0.2) is 0 Å². The highest BCUT2D eigenvalue weighted by atomic mass is 35.5. The van der Waals surface area contributed by atoms with E-state index in [9.17, 15) is 4.79 Å². The summed E-state index contributed by atoms with van der Waals surface area (Å²) in [6.07, 6.45) is 0.768. The Balaban J connectivity index is 2.08. The fraction of sp³-hybridized carbons (Fsp3) is 0.278. The van der Waals surface area contributed by atoms with E-state index < -0.39 is 0 Å². The van der Waals surface area contributed by atoms with E-state index >= 15 is 0 Å². The Kier molecular flexibility index (Phi) is 5.92. The first-order valence-corrected chi connectivity index (χ1v) is 8.55. The van der Waals surface area contributed by atoms with E-state index in [1.165, 1.54) is 0 Å². The van der Waals surface area contributed by atoms with Crippen LogP contribution in [-0.4, -0.2) is 11.2 Å². The molecule has 0 heterocycles. The molecule has 0 radical (unpaired) electrons. The molecule has 0 fully saturated rings. The number of rotatable bonds is 5. The van der Waals surface area contributed by atoms with Crippen LogP contribution in [0.15, 0.2) is 47.4 Å². The molecule has 22 heavy (non-hydrogen) atoms. The van der Waals surface area contributed by atoms with Crippen LogP contribution in [0.4, 0.5) is 5.69 Å². The van der Waals surface area contributed by atoms with Crippen LogP contribution in [0.2, 0.25) is 5.02 Å². The summed E-state index contributed by atoms with van der Waals surface area (Å²) < 4.78 is 0. The standard InChI is InChI=1S/C18H20ClNOS/c1-4-17(22-15-9-7-14(19)8-10-15)18(21)20-16-11-12(2)5-6-13(16)3/h5-11,17H,4H2,1-3H3,(H,20,21). The van der Waals surface area contributed by atoms with Gasteiger partial charge in [0.05, 0.1) is 5.25 Å². The van der Waals surface area contributed by atoms with Gasteiger partial charge in [-0.1, -0.05) is 30.7 Å². The maximum atomic E-state index is 12.5. The Morgan fingerprint density at radius 2 is 1.86 bits per heavy atom. The Morgan fingerprint density at radius 1 is 1.18 bits per heavy atom. The summed E-state index contributed by atoms with van der Waals surface area (Å²) in [5, 5.41) is 3.63. The van der Waals surface area contributed by atoms with Crippen LogP contribution in [0, 0.1) is 13.8 Å². The molecule has 0 bridgehead atoms. The van der Waals surface area contributed by atoms with E-state index in [1.54, 1.807) is 11.8 Å². The number of aryl methyl sites for hydroxylation is 2. The van der Waals surface area contributed by atoms with E-state index in [2.05, 4.69) is 5.32 Å². The third kappa shape index (κ3) is 4.52. The van der Waals surface area contributed by atoms with Gasteiger partial charge in [0.25, 0.3) is 0 Å². The lowest BCUT2D eigenvalue weighted by atomic mass is 10.1. The maximum absolute atomic E-state index is 12.5. The average molecular weight is 334 g/mol. The van der Waals surface area contributed by atoms with Crippen molar-refractivity contribution in [2.45, 2.75) is 37.3 Å². The average Bonchev–Trinajstić information content (AvgIpc) is 2.50. The molecule has 0 aliphatic carbocycles. The van der Waals surface area contributed by atoms with Crippen molar-refractivity contribution in [3.8, 4) is 0 Å². The molecule has 0 aliphatic rings. The van der Waals surface area contributed by atoms with Gasteiger partial charge < -0.3 is 5.32 Å². The maximum Gasteiger partial charge on any atom is 0.237 e. The fourth-order valence-corrected chi connectivity index (χ4v) is 3.16. The van der Waals surface area contributed by atoms with Crippen LogP contribution in [0.1, 0.15) is 24.5 Å². The first-order chi connectivity index (χ1) is 10.5. The molecular formula is C18H20ClNOS. The van der Waals surface area contributed by atoms with Crippen LogP contribution in [0.3, 0.4) is 0 Å². The van der Waals surface area contributed by atoms with Gasteiger partial charge in [0, 0.05) is 15.6 Å². The molecule has 0 saturated carbocycles. The minimum Gasteiger partial charge on any atom is -0.325 e. The lowest BCUT2D eigenvalue weighted by molar-refractivity contribution is -0.115. The number of hydrogen-bond donors (Lipinski definition) is 1. The second kappa shape index (κ2) is 7.70. The molecule has 0 spiro atoms. The highest BCUT2D eigenvalue weighted by Crippen LogP contribution is 2.28. The van der Waals surface area contributed by atoms with E-state index in [1.807, 2.05) is 63.2 Å². The highest BCUT2D eigenvalue weighted by Gasteiger charge is 2.18. The van der Waals surface area contributed by atoms with Crippen LogP contribution in [-0.2, 0) is 4.79 Å². The summed E-state index contributed by atoms with van der Waals surface area (Å²) in [6.45, 7) is 6.05. The quantitative estimate of drug-likeness (QED) is 0.735. The normalized spacial score (nSPS) is 12.0. The summed E-state index contributed by atoms with van der Waals surface area (Å²) >= 11 is 7.46. The largest absolute Gasteiger partial charge is 0.325 e. The van der Waals surface area contributed by atoms with Crippen molar-refractivity contribution in [2.75, 3.05) is 5.32 Å². The number of halogens is 1. The number of carbonyl (C=O) groups excluding carboxylic acids is 1. The zero-order valence-corrected chi connectivity index (χ0v) is 14.6. The smallest absolute Gasteiger partial charge is 0.237 e. The van der Waals surface area contributed by atoms with Gasteiger partial charge in [0.2, 0.25) is 5.91 Å². The number of carbonyl (C=O) groups is 1. The highest BCUT2D eigenvalue weighted by molar-refractivity contribution is 8.00. The lowest BCUT2D eigenvalue weighted by Gasteiger charge is -2.16. The molecule has 1 N–H and O–H groups in total. The Bertz CT molecular complexity index is 655. The van der Waals surface area contributed by atoms with Crippen molar-refractivity contribution >= 4 is 35.0 Å². The van der Waals surface area contributed by atoms with Crippen molar-refractivity contribution in [1.29, 1.82) is 0 Å². The summed E-state index contributed by atoms with van der Waals surface area (Å²) in [4.78, 5) is 13.6. The minimum absolute atomic E-state index is 0.0381. The number of thioether (sulfide) groups is 1. The van der Waals surface area contributed by atoms with Gasteiger partial charge in [-0.2, -0.15) is 0 Å². The van der Waals surface area contributed by atoms with Crippen LogP contribution >= 0.6 is 23.4 Å². The molecule has 2 nitrogen and oxygen atoms in total. The van der Waals surface area contributed by atoms with Crippen molar-refractivity contribution in [2.24, 2.45) is 0 Å². The first kappa shape index (κ1) is 16.9. The number of hydrogen-bond acceptors (Lipinski definition) is 2. The molecule has 2 aromatic carbocycles. The van der Waals surface area contributed by atoms with Crippen molar-refractivity contribution in [3.05, 3.63) is 58.6 Å². The van der Waals surface area contributed by atoms with E-state index in [4.69, 9.17) is 11.6 Å². The monoisotopic (exact) mass is 333 g/mol. The second-order valence-electron chi connectivity index (χ2n) is 5.28. The van der Waals surface area contributed by atoms with Gasteiger partial charge >= 0.3 is 0 Å². The lowest BCUT2D eigenvalue weighted by Crippen LogP contribution is -2.25.